The first-order valence-electron chi connectivity index (χ1n) is 5.90. The van der Waals surface area contributed by atoms with Gasteiger partial charge >= 0.3 is 0 Å². The molecule has 1 heteroatoms. The quantitative estimate of drug-likeness (QED) is 0.430. The highest BCUT2D eigenvalue weighted by Crippen LogP contribution is 2.22. The van der Waals surface area contributed by atoms with Gasteiger partial charge in [0.2, 0.25) is 0 Å². The van der Waals surface area contributed by atoms with Crippen molar-refractivity contribution >= 4 is 5.78 Å². The molecule has 0 spiro atoms. The molecule has 0 heterocycles. The summed E-state index contributed by atoms with van der Waals surface area (Å²) in [5, 5.41) is 0. The van der Waals surface area contributed by atoms with Crippen molar-refractivity contribution in [3.05, 3.63) is 58.2 Å². The molecule has 0 atom stereocenters. The molecule has 0 radical (unpaired) electrons. The molecule has 90 valence electrons. The minimum atomic E-state index is 0.0879. The van der Waals surface area contributed by atoms with Crippen LogP contribution in [0.15, 0.2) is 30.4 Å². The molecule has 17 heavy (non-hydrogen) atoms. The molecule has 0 bridgehead atoms. The second-order valence-electron chi connectivity index (χ2n) is 4.38. The van der Waals surface area contributed by atoms with Gasteiger partial charge in [-0.25, -0.2) is 0 Å². The fourth-order valence-electron chi connectivity index (χ4n) is 1.92. The SMILES string of the molecule is C/C=C/C=C/C(=O)c1c(C)c(C)cc(C)c1C. The molecule has 0 unspecified atom stereocenters. The van der Waals surface area contributed by atoms with Crippen LogP contribution in [0.5, 0.6) is 0 Å². The van der Waals surface area contributed by atoms with Gasteiger partial charge in [0, 0.05) is 5.56 Å². The maximum absolute atomic E-state index is 12.1. The van der Waals surface area contributed by atoms with Gasteiger partial charge in [-0.15, -0.1) is 0 Å². The number of hydrogen-bond acceptors (Lipinski definition) is 1. The summed E-state index contributed by atoms with van der Waals surface area (Å²) in [6.45, 7) is 10.1. The maximum atomic E-state index is 12.1. The number of aryl methyl sites for hydroxylation is 2. The van der Waals surface area contributed by atoms with E-state index in [4.69, 9.17) is 0 Å². The van der Waals surface area contributed by atoms with Crippen molar-refractivity contribution in [2.24, 2.45) is 0 Å². The first-order chi connectivity index (χ1) is 7.99. The first kappa shape index (κ1) is 13.4. The third-order valence-corrected chi connectivity index (χ3v) is 3.16. The van der Waals surface area contributed by atoms with Gasteiger partial charge in [0.1, 0.15) is 0 Å². The number of carbonyl (C=O) groups is 1. The van der Waals surface area contributed by atoms with Gasteiger partial charge in [0.05, 0.1) is 0 Å². The molecule has 0 saturated carbocycles. The lowest BCUT2D eigenvalue weighted by molar-refractivity contribution is 0.104. The van der Waals surface area contributed by atoms with Crippen LogP contribution in [0.3, 0.4) is 0 Å². The standard InChI is InChI=1S/C16H20O/c1-6-7-8-9-15(17)16-13(4)11(2)10-12(3)14(16)5/h6-10H,1-5H3/b7-6+,9-8+. The largest absolute Gasteiger partial charge is 0.289 e. The van der Waals surface area contributed by atoms with Gasteiger partial charge in [-0.3, -0.25) is 4.79 Å². The molecular formula is C16H20O. The summed E-state index contributed by atoms with van der Waals surface area (Å²) >= 11 is 0. The molecule has 0 aliphatic rings. The Kier molecular flexibility index (Phi) is 4.45. The molecular weight excluding hydrogens is 208 g/mol. The van der Waals surface area contributed by atoms with Gasteiger partial charge in [0.15, 0.2) is 5.78 Å². The Labute approximate surface area is 104 Å². The van der Waals surface area contributed by atoms with Crippen molar-refractivity contribution < 1.29 is 4.79 Å². The lowest BCUT2D eigenvalue weighted by atomic mass is 9.91. The van der Waals surface area contributed by atoms with Crippen molar-refractivity contribution in [3.8, 4) is 0 Å². The summed E-state index contributed by atoms with van der Waals surface area (Å²) < 4.78 is 0. The van der Waals surface area contributed by atoms with Crippen LogP contribution in [-0.2, 0) is 0 Å². The molecule has 1 aromatic rings. The molecule has 0 aliphatic heterocycles. The minimum absolute atomic E-state index is 0.0879. The molecule has 1 nitrogen and oxygen atoms in total. The topological polar surface area (TPSA) is 17.1 Å². The van der Waals surface area contributed by atoms with E-state index in [0.29, 0.717) is 0 Å². The van der Waals surface area contributed by atoms with Crippen LogP contribution in [0, 0.1) is 27.7 Å². The summed E-state index contributed by atoms with van der Waals surface area (Å²) in [7, 11) is 0. The van der Waals surface area contributed by atoms with Gasteiger partial charge in [-0.05, 0) is 62.9 Å². The van der Waals surface area contributed by atoms with E-state index in [0.717, 1.165) is 16.7 Å². The second kappa shape index (κ2) is 5.62. The predicted octanol–water partition coefficient (Wildman–Crippen LogP) is 4.24. The summed E-state index contributed by atoms with van der Waals surface area (Å²) in [6.07, 6.45) is 7.20. The van der Waals surface area contributed by atoms with Gasteiger partial charge in [0.25, 0.3) is 0 Å². The van der Waals surface area contributed by atoms with E-state index in [9.17, 15) is 4.79 Å². The molecule has 0 saturated heterocycles. The third-order valence-electron chi connectivity index (χ3n) is 3.16. The Morgan fingerprint density at radius 2 is 1.53 bits per heavy atom. The van der Waals surface area contributed by atoms with Crippen molar-refractivity contribution in [1.29, 1.82) is 0 Å². The van der Waals surface area contributed by atoms with Crippen LogP contribution >= 0.6 is 0 Å². The number of benzene rings is 1. The van der Waals surface area contributed by atoms with Crippen LogP contribution in [0.1, 0.15) is 39.5 Å². The van der Waals surface area contributed by atoms with Crippen LogP contribution in [0.25, 0.3) is 0 Å². The number of carbonyl (C=O) groups excluding carboxylic acids is 1. The van der Waals surface area contributed by atoms with Crippen molar-refractivity contribution in [2.75, 3.05) is 0 Å². The third kappa shape index (κ3) is 2.94. The minimum Gasteiger partial charge on any atom is -0.289 e. The highest BCUT2D eigenvalue weighted by molar-refractivity contribution is 6.07. The van der Waals surface area contributed by atoms with Gasteiger partial charge < -0.3 is 0 Å². The zero-order chi connectivity index (χ0) is 13.0. The fourth-order valence-corrected chi connectivity index (χ4v) is 1.92. The Bertz CT molecular complexity index is 464. The lowest BCUT2D eigenvalue weighted by Gasteiger charge is -2.12. The second-order valence-corrected chi connectivity index (χ2v) is 4.38. The molecule has 1 aromatic carbocycles. The van der Waals surface area contributed by atoms with Gasteiger partial charge in [-0.1, -0.05) is 24.3 Å². The van der Waals surface area contributed by atoms with Crippen LogP contribution < -0.4 is 0 Å². The van der Waals surface area contributed by atoms with E-state index in [1.807, 2.05) is 46.8 Å². The van der Waals surface area contributed by atoms with E-state index < -0.39 is 0 Å². The smallest absolute Gasteiger partial charge is 0.186 e. The van der Waals surface area contributed by atoms with Gasteiger partial charge in [-0.2, -0.15) is 0 Å². The fraction of sp³-hybridized carbons (Fsp3) is 0.312. The Balaban J connectivity index is 3.26. The highest BCUT2D eigenvalue weighted by Gasteiger charge is 2.13. The number of rotatable bonds is 3. The van der Waals surface area contributed by atoms with E-state index in [1.54, 1.807) is 12.2 Å². The van der Waals surface area contributed by atoms with Crippen molar-refractivity contribution in [3.63, 3.8) is 0 Å². The van der Waals surface area contributed by atoms with E-state index in [2.05, 4.69) is 6.07 Å². The average Bonchev–Trinajstić information content (AvgIpc) is 2.27. The van der Waals surface area contributed by atoms with E-state index >= 15 is 0 Å². The zero-order valence-electron chi connectivity index (χ0n) is 11.3. The number of allylic oxidation sites excluding steroid dienone is 4. The molecule has 0 aliphatic carbocycles. The van der Waals surface area contributed by atoms with Crippen molar-refractivity contribution in [2.45, 2.75) is 34.6 Å². The Morgan fingerprint density at radius 1 is 1.00 bits per heavy atom. The van der Waals surface area contributed by atoms with E-state index in [-0.39, 0.29) is 5.78 Å². The molecule has 0 N–H and O–H groups in total. The zero-order valence-corrected chi connectivity index (χ0v) is 11.3. The number of ketones is 1. The Morgan fingerprint density at radius 3 is 2.00 bits per heavy atom. The average molecular weight is 228 g/mol. The normalized spacial score (nSPS) is 11.6. The molecule has 0 amide bonds. The summed E-state index contributed by atoms with van der Waals surface area (Å²) in [5.74, 6) is 0.0879. The summed E-state index contributed by atoms with van der Waals surface area (Å²) in [4.78, 5) is 12.1. The maximum Gasteiger partial charge on any atom is 0.186 e. The number of hydrogen-bond donors (Lipinski definition) is 0. The van der Waals surface area contributed by atoms with Crippen LogP contribution in [0.4, 0.5) is 0 Å². The van der Waals surface area contributed by atoms with Crippen LogP contribution in [0.2, 0.25) is 0 Å². The first-order valence-corrected chi connectivity index (χ1v) is 5.90. The lowest BCUT2D eigenvalue weighted by Crippen LogP contribution is -2.05. The highest BCUT2D eigenvalue weighted by atomic mass is 16.1. The molecule has 1 rings (SSSR count). The monoisotopic (exact) mass is 228 g/mol. The molecule has 0 aromatic heterocycles. The van der Waals surface area contributed by atoms with Crippen LogP contribution in [-0.4, -0.2) is 5.78 Å². The summed E-state index contributed by atoms with van der Waals surface area (Å²) in [6, 6.07) is 2.14. The van der Waals surface area contributed by atoms with Crippen molar-refractivity contribution in [1.82, 2.24) is 0 Å². The molecule has 0 fully saturated rings. The van der Waals surface area contributed by atoms with E-state index in [1.165, 1.54) is 11.1 Å². The predicted molar refractivity (Wildman–Crippen MR) is 73.7 cm³/mol. The summed E-state index contributed by atoms with van der Waals surface area (Å²) in [5.41, 5.74) is 5.38. The Hall–Kier alpha value is -1.63.